The number of hydrogen-bond acceptors (Lipinski definition) is 0. The van der Waals surface area contributed by atoms with Crippen LogP contribution >= 0.6 is 0 Å². The van der Waals surface area contributed by atoms with Gasteiger partial charge in [-0.1, -0.05) is 37.5 Å². The molecular formula is C11H22Si. The smallest absolute Gasteiger partial charge is 0.0682 e. The molecule has 0 aliphatic carbocycles. The Balaban J connectivity index is 3.30. The van der Waals surface area contributed by atoms with Gasteiger partial charge in [-0.25, -0.2) is 0 Å². The van der Waals surface area contributed by atoms with Crippen LogP contribution in [0, 0.1) is 0 Å². The highest BCUT2D eigenvalue weighted by Crippen LogP contribution is 2.05. The van der Waals surface area contributed by atoms with Gasteiger partial charge < -0.3 is 0 Å². The molecule has 0 heterocycles. The van der Waals surface area contributed by atoms with E-state index >= 15 is 0 Å². The van der Waals surface area contributed by atoms with Crippen molar-refractivity contribution in [2.45, 2.75) is 45.3 Å². The zero-order chi connectivity index (χ0) is 9.45. The van der Waals surface area contributed by atoms with Gasteiger partial charge in [-0.3, -0.25) is 0 Å². The predicted octanol–water partition coefficient (Wildman–Crippen LogP) is 4.17. The number of unbranched alkanes of at least 4 members (excludes halogenated alkanes) is 3. The Hall–Kier alpha value is -0.303. The minimum atomic E-state index is -0.926. The zero-order valence-corrected chi connectivity index (χ0v) is 9.77. The minimum absolute atomic E-state index is 0.926. The van der Waals surface area contributed by atoms with Gasteiger partial charge in [0.1, 0.15) is 0 Å². The number of rotatable bonds is 6. The average Bonchev–Trinajstić information content (AvgIpc) is 1.94. The van der Waals surface area contributed by atoms with Crippen LogP contribution in [0.4, 0.5) is 0 Å². The maximum atomic E-state index is 3.71. The van der Waals surface area contributed by atoms with Crippen LogP contribution in [-0.2, 0) is 0 Å². The Bertz CT molecular complexity index is 140. The molecule has 0 aromatic heterocycles. The molecule has 0 aromatic carbocycles. The van der Waals surface area contributed by atoms with Crippen molar-refractivity contribution >= 4 is 8.07 Å². The Morgan fingerprint density at radius 3 is 2.17 bits per heavy atom. The lowest BCUT2D eigenvalue weighted by Crippen LogP contribution is -2.15. The van der Waals surface area contributed by atoms with Gasteiger partial charge in [0.05, 0.1) is 8.07 Å². The Labute approximate surface area is 78.4 Å². The van der Waals surface area contributed by atoms with Gasteiger partial charge in [0, 0.05) is 0 Å². The first kappa shape index (κ1) is 11.7. The summed E-state index contributed by atoms with van der Waals surface area (Å²) in [6, 6.07) is 0. The molecule has 1 heteroatoms. The summed E-state index contributed by atoms with van der Waals surface area (Å²) in [5, 5.41) is 0. The second-order valence-corrected chi connectivity index (χ2v) is 9.41. The molecule has 0 nitrogen and oxygen atoms in total. The van der Waals surface area contributed by atoms with Crippen LogP contribution in [0.3, 0.4) is 0 Å². The molecule has 70 valence electrons. The monoisotopic (exact) mass is 182 g/mol. The summed E-state index contributed by atoms with van der Waals surface area (Å²) < 4.78 is 0. The SMILES string of the molecule is C=CCCCC/C=C/[Si](C)(C)C. The van der Waals surface area contributed by atoms with Crippen molar-refractivity contribution in [1.82, 2.24) is 0 Å². The Morgan fingerprint density at radius 1 is 1.08 bits per heavy atom. The second-order valence-electron chi connectivity index (χ2n) is 4.34. The topological polar surface area (TPSA) is 0 Å². The summed E-state index contributed by atoms with van der Waals surface area (Å²) in [5.74, 6) is 0. The first-order valence-electron chi connectivity index (χ1n) is 4.85. The molecule has 0 aliphatic rings. The lowest BCUT2D eigenvalue weighted by Gasteiger charge is -2.07. The molecule has 0 aliphatic heterocycles. The third-order valence-electron chi connectivity index (χ3n) is 1.65. The highest BCUT2D eigenvalue weighted by atomic mass is 28.3. The van der Waals surface area contributed by atoms with Crippen LogP contribution in [0.1, 0.15) is 25.7 Å². The fraction of sp³-hybridized carbons (Fsp3) is 0.636. The molecule has 0 atom stereocenters. The van der Waals surface area contributed by atoms with E-state index in [1.54, 1.807) is 0 Å². The predicted molar refractivity (Wildman–Crippen MR) is 61.2 cm³/mol. The zero-order valence-electron chi connectivity index (χ0n) is 8.77. The standard InChI is InChI=1S/C11H22Si/c1-5-6-7-8-9-10-11-12(2,3)4/h5,10-11H,1,6-9H2,2-4H3/b11-10+. The highest BCUT2D eigenvalue weighted by Gasteiger charge is 2.05. The van der Waals surface area contributed by atoms with Gasteiger partial charge >= 0.3 is 0 Å². The van der Waals surface area contributed by atoms with Gasteiger partial charge in [-0.2, -0.15) is 0 Å². The summed E-state index contributed by atoms with van der Waals surface area (Å²) in [6.07, 6.45) is 9.38. The van der Waals surface area contributed by atoms with Crippen LogP contribution in [-0.4, -0.2) is 8.07 Å². The average molecular weight is 182 g/mol. The molecule has 0 radical (unpaired) electrons. The van der Waals surface area contributed by atoms with Crippen LogP contribution in [0.15, 0.2) is 24.4 Å². The molecule has 0 rings (SSSR count). The van der Waals surface area contributed by atoms with Crippen molar-refractivity contribution in [1.29, 1.82) is 0 Å². The molecule has 0 N–H and O–H groups in total. The van der Waals surface area contributed by atoms with E-state index in [9.17, 15) is 0 Å². The fourth-order valence-electron chi connectivity index (χ4n) is 0.988. The lowest BCUT2D eigenvalue weighted by molar-refractivity contribution is 0.763. The maximum Gasteiger partial charge on any atom is 0.0682 e. The highest BCUT2D eigenvalue weighted by molar-refractivity contribution is 6.80. The summed E-state index contributed by atoms with van der Waals surface area (Å²) in [7, 11) is -0.926. The van der Waals surface area contributed by atoms with Crippen LogP contribution in [0.2, 0.25) is 19.6 Å². The van der Waals surface area contributed by atoms with Gasteiger partial charge in [-0.15, -0.1) is 6.58 Å². The van der Waals surface area contributed by atoms with Crippen LogP contribution in [0.5, 0.6) is 0 Å². The van der Waals surface area contributed by atoms with Crippen molar-refractivity contribution < 1.29 is 0 Å². The van der Waals surface area contributed by atoms with Crippen LogP contribution in [0.25, 0.3) is 0 Å². The van der Waals surface area contributed by atoms with E-state index in [0.717, 1.165) is 0 Å². The molecule has 0 spiro atoms. The van der Waals surface area contributed by atoms with E-state index in [1.807, 2.05) is 6.08 Å². The van der Waals surface area contributed by atoms with Crippen molar-refractivity contribution in [2.75, 3.05) is 0 Å². The molecular weight excluding hydrogens is 160 g/mol. The molecule has 0 aromatic rings. The quantitative estimate of drug-likeness (QED) is 0.329. The summed E-state index contributed by atoms with van der Waals surface area (Å²) in [6.45, 7) is 10.8. The van der Waals surface area contributed by atoms with Gasteiger partial charge in [0.15, 0.2) is 0 Å². The molecule has 12 heavy (non-hydrogen) atoms. The molecule has 0 amide bonds. The molecule has 0 saturated heterocycles. The largest absolute Gasteiger partial charge is 0.103 e. The Morgan fingerprint density at radius 2 is 1.67 bits per heavy atom. The molecule has 0 unspecified atom stereocenters. The van der Waals surface area contributed by atoms with E-state index in [-0.39, 0.29) is 0 Å². The van der Waals surface area contributed by atoms with E-state index < -0.39 is 8.07 Å². The normalized spacial score (nSPS) is 12.2. The number of hydrogen-bond donors (Lipinski definition) is 0. The van der Waals surface area contributed by atoms with Gasteiger partial charge in [0.2, 0.25) is 0 Å². The van der Waals surface area contributed by atoms with E-state index in [2.05, 4.69) is 38.0 Å². The summed E-state index contributed by atoms with van der Waals surface area (Å²) in [4.78, 5) is 0. The van der Waals surface area contributed by atoms with Crippen molar-refractivity contribution in [3.05, 3.63) is 24.4 Å². The van der Waals surface area contributed by atoms with E-state index in [1.165, 1.54) is 25.7 Å². The third kappa shape index (κ3) is 9.70. The van der Waals surface area contributed by atoms with Gasteiger partial charge in [0.25, 0.3) is 0 Å². The first-order chi connectivity index (χ1) is 5.56. The third-order valence-corrected chi connectivity index (χ3v) is 2.88. The Kier molecular flexibility index (Phi) is 6.08. The maximum absolute atomic E-state index is 3.71. The fourth-order valence-corrected chi connectivity index (χ4v) is 1.86. The minimum Gasteiger partial charge on any atom is -0.103 e. The van der Waals surface area contributed by atoms with E-state index in [4.69, 9.17) is 0 Å². The van der Waals surface area contributed by atoms with Crippen molar-refractivity contribution in [2.24, 2.45) is 0 Å². The number of allylic oxidation sites excluding steroid dienone is 2. The lowest BCUT2D eigenvalue weighted by atomic mass is 10.2. The van der Waals surface area contributed by atoms with E-state index in [0.29, 0.717) is 0 Å². The molecule has 0 bridgehead atoms. The van der Waals surface area contributed by atoms with Crippen molar-refractivity contribution in [3.8, 4) is 0 Å². The first-order valence-corrected chi connectivity index (χ1v) is 8.42. The van der Waals surface area contributed by atoms with Gasteiger partial charge in [-0.05, 0) is 25.7 Å². The van der Waals surface area contributed by atoms with Crippen molar-refractivity contribution in [3.63, 3.8) is 0 Å². The van der Waals surface area contributed by atoms with Crippen LogP contribution < -0.4 is 0 Å². The molecule has 0 fully saturated rings. The second kappa shape index (κ2) is 6.24. The molecule has 0 saturated carbocycles. The summed E-state index contributed by atoms with van der Waals surface area (Å²) >= 11 is 0. The summed E-state index contributed by atoms with van der Waals surface area (Å²) in [5.41, 5.74) is 2.43.